The first-order valence-electron chi connectivity index (χ1n) is 8.62. The zero-order chi connectivity index (χ0) is 19.2. The maximum absolute atomic E-state index is 12.2. The van der Waals surface area contributed by atoms with E-state index in [0.717, 1.165) is 12.1 Å². The van der Waals surface area contributed by atoms with Gasteiger partial charge in [0.15, 0.2) is 0 Å². The van der Waals surface area contributed by atoms with Crippen molar-refractivity contribution in [2.24, 2.45) is 0 Å². The molecule has 2 aromatic rings. The molecule has 0 unspecified atom stereocenters. The Hall–Kier alpha value is -2.86. The van der Waals surface area contributed by atoms with Gasteiger partial charge in [0.25, 0.3) is 5.91 Å². The summed E-state index contributed by atoms with van der Waals surface area (Å²) in [6, 6.07) is 13.8. The van der Waals surface area contributed by atoms with Crippen LogP contribution in [0.1, 0.15) is 28.8 Å². The molecule has 1 fully saturated rings. The van der Waals surface area contributed by atoms with E-state index in [2.05, 4.69) is 5.32 Å². The van der Waals surface area contributed by atoms with Crippen molar-refractivity contribution in [3.63, 3.8) is 0 Å². The number of nitrogens with zero attached hydrogens (tertiary/aromatic N) is 1. The highest BCUT2D eigenvalue weighted by Gasteiger charge is 2.21. The standard InChI is InChI=1S/C20H19ClN2O4/c21-17-5-2-1-4-15(17)13-27-19(25)12-22-20(26)14-7-9-16(10-8-14)23-11-3-6-18(23)24/h1-2,4-5,7-10H,3,6,11-13H2,(H,22,26). The highest BCUT2D eigenvalue weighted by molar-refractivity contribution is 6.31. The Kier molecular flexibility index (Phi) is 6.08. The van der Waals surface area contributed by atoms with Crippen LogP contribution in [0.2, 0.25) is 5.02 Å². The maximum atomic E-state index is 12.2. The molecule has 2 amide bonds. The van der Waals surface area contributed by atoms with E-state index in [1.807, 2.05) is 0 Å². The number of halogens is 1. The third-order valence-electron chi connectivity index (χ3n) is 4.25. The number of amides is 2. The minimum Gasteiger partial charge on any atom is -0.459 e. The molecule has 6 nitrogen and oxygen atoms in total. The first-order valence-corrected chi connectivity index (χ1v) is 9.00. The molecule has 0 bridgehead atoms. The lowest BCUT2D eigenvalue weighted by molar-refractivity contribution is -0.143. The smallest absolute Gasteiger partial charge is 0.325 e. The lowest BCUT2D eigenvalue weighted by atomic mass is 10.2. The third kappa shape index (κ3) is 4.86. The van der Waals surface area contributed by atoms with Crippen LogP contribution in [0.25, 0.3) is 0 Å². The molecule has 2 aromatic carbocycles. The lowest BCUT2D eigenvalue weighted by Crippen LogP contribution is -2.30. The van der Waals surface area contributed by atoms with Crippen LogP contribution in [0.5, 0.6) is 0 Å². The minimum absolute atomic E-state index is 0.0485. The fourth-order valence-electron chi connectivity index (χ4n) is 2.79. The van der Waals surface area contributed by atoms with Gasteiger partial charge in [0.1, 0.15) is 13.2 Å². The zero-order valence-corrected chi connectivity index (χ0v) is 15.4. The summed E-state index contributed by atoms with van der Waals surface area (Å²) in [4.78, 5) is 37.4. The van der Waals surface area contributed by atoms with Crippen molar-refractivity contribution in [3.8, 4) is 0 Å². The summed E-state index contributed by atoms with van der Waals surface area (Å²) in [6.45, 7) is 0.504. The molecule has 7 heteroatoms. The average Bonchev–Trinajstić information content (AvgIpc) is 3.11. The van der Waals surface area contributed by atoms with Gasteiger partial charge in [0.05, 0.1) is 0 Å². The molecular weight excluding hydrogens is 368 g/mol. The molecule has 1 aliphatic heterocycles. The molecule has 0 atom stereocenters. The SMILES string of the molecule is O=C(CNC(=O)c1ccc(N2CCCC2=O)cc1)OCc1ccccc1Cl. The van der Waals surface area contributed by atoms with Gasteiger partial charge in [-0.15, -0.1) is 0 Å². The molecule has 1 N–H and O–H groups in total. The number of nitrogens with one attached hydrogen (secondary N) is 1. The van der Waals surface area contributed by atoms with Crippen LogP contribution >= 0.6 is 11.6 Å². The van der Waals surface area contributed by atoms with E-state index in [9.17, 15) is 14.4 Å². The van der Waals surface area contributed by atoms with E-state index in [0.29, 0.717) is 29.1 Å². The van der Waals surface area contributed by atoms with Crippen molar-refractivity contribution in [1.82, 2.24) is 5.32 Å². The molecule has 0 spiro atoms. The van der Waals surface area contributed by atoms with Gasteiger partial charge in [-0.05, 0) is 36.8 Å². The number of benzene rings is 2. The van der Waals surface area contributed by atoms with Gasteiger partial charge in [-0.25, -0.2) is 0 Å². The van der Waals surface area contributed by atoms with E-state index >= 15 is 0 Å². The van der Waals surface area contributed by atoms with E-state index in [1.54, 1.807) is 53.4 Å². The van der Waals surface area contributed by atoms with E-state index in [4.69, 9.17) is 16.3 Å². The Morgan fingerprint density at radius 2 is 1.85 bits per heavy atom. The van der Waals surface area contributed by atoms with Gasteiger partial charge >= 0.3 is 5.97 Å². The number of carbonyl (C=O) groups excluding carboxylic acids is 3. The third-order valence-corrected chi connectivity index (χ3v) is 4.62. The van der Waals surface area contributed by atoms with Gasteiger partial charge < -0.3 is 15.0 Å². The summed E-state index contributed by atoms with van der Waals surface area (Å²) in [5, 5.41) is 3.04. The van der Waals surface area contributed by atoms with Crippen LogP contribution in [0.3, 0.4) is 0 Å². The monoisotopic (exact) mass is 386 g/mol. The second-order valence-electron chi connectivity index (χ2n) is 6.13. The number of ether oxygens (including phenoxy) is 1. The molecule has 27 heavy (non-hydrogen) atoms. The Morgan fingerprint density at radius 3 is 2.52 bits per heavy atom. The maximum Gasteiger partial charge on any atom is 0.325 e. The summed E-state index contributed by atoms with van der Waals surface area (Å²) in [6.07, 6.45) is 1.40. The first-order chi connectivity index (χ1) is 13.0. The second-order valence-corrected chi connectivity index (χ2v) is 6.54. The second kappa shape index (κ2) is 8.68. The van der Waals surface area contributed by atoms with Crippen LogP contribution in [-0.2, 0) is 20.9 Å². The predicted octanol–water partition coefficient (Wildman–Crippen LogP) is 2.94. The molecule has 1 aliphatic rings. The van der Waals surface area contributed by atoms with Crippen LogP contribution in [-0.4, -0.2) is 30.9 Å². The summed E-state index contributed by atoms with van der Waals surface area (Å²) in [5.41, 5.74) is 1.88. The van der Waals surface area contributed by atoms with Gasteiger partial charge in [0, 0.05) is 34.8 Å². The van der Waals surface area contributed by atoms with Gasteiger partial charge in [0.2, 0.25) is 5.91 Å². The summed E-state index contributed by atoms with van der Waals surface area (Å²) >= 11 is 6.00. The van der Waals surface area contributed by atoms with Crippen molar-refractivity contribution in [3.05, 3.63) is 64.7 Å². The minimum atomic E-state index is -0.553. The molecule has 0 radical (unpaired) electrons. The summed E-state index contributed by atoms with van der Waals surface area (Å²) in [5.74, 6) is -0.847. The molecule has 0 saturated carbocycles. The van der Waals surface area contributed by atoms with Gasteiger partial charge in [-0.1, -0.05) is 29.8 Å². The normalized spacial score (nSPS) is 13.5. The highest BCUT2D eigenvalue weighted by Crippen LogP contribution is 2.21. The largest absolute Gasteiger partial charge is 0.459 e. The van der Waals surface area contributed by atoms with E-state index < -0.39 is 5.97 Å². The van der Waals surface area contributed by atoms with Crippen LogP contribution in [0.4, 0.5) is 5.69 Å². The Bertz CT molecular complexity index is 851. The van der Waals surface area contributed by atoms with Crippen molar-refractivity contribution >= 4 is 35.1 Å². The molecule has 140 valence electrons. The quantitative estimate of drug-likeness (QED) is 0.774. The molecule has 1 heterocycles. The van der Waals surface area contributed by atoms with E-state index in [-0.39, 0.29) is 25.0 Å². The summed E-state index contributed by atoms with van der Waals surface area (Å²) in [7, 11) is 0. The predicted molar refractivity (Wildman–Crippen MR) is 102 cm³/mol. The number of hydrogen-bond donors (Lipinski definition) is 1. The van der Waals surface area contributed by atoms with Crippen molar-refractivity contribution in [2.45, 2.75) is 19.4 Å². The number of hydrogen-bond acceptors (Lipinski definition) is 4. The fraction of sp³-hybridized carbons (Fsp3) is 0.250. The number of carbonyl (C=O) groups is 3. The van der Waals surface area contributed by atoms with Crippen LogP contribution in [0, 0.1) is 0 Å². The van der Waals surface area contributed by atoms with Gasteiger partial charge in [-0.2, -0.15) is 0 Å². The Morgan fingerprint density at radius 1 is 1.11 bits per heavy atom. The lowest BCUT2D eigenvalue weighted by Gasteiger charge is -2.15. The van der Waals surface area contributed by atoms with Crippen molar-refractivity contribution in [1.29, 1.82) is 0 Å². The fourth-order valence-corrected chi connectivity index (χ4v) is 2.98. The molecule has 1 saturated heterocycles. The topological polar surface area (TPSA) is 75.7 Å². The zero-order valence-electron chi connectivity index (χ0n) is 14.6. The van der Waals surface area contributed by atoms with Crippen LogP contribution in [0.15, 0.2) is 48.5 Å². The molecule has 0 aliphatic carbocycles. The molecular formula is C20H19ClN2O4. The average molecular weight is 387 g/mol. The summed E-state index contributed by atoms with van der Waals surface area (Å²) < 4.78 is 5.11. The van der Waals surface area contributed by atoms with Gasteiger partial charge in [-0.3, -0.25) is 14.4 Å². The number of rotatable bonds is 6. The molecule has 3 rings (SSSR count). The molecule has 0 aromatic heterocycles. The van der Waals surface area contributed by atoms with Crippen molar-refractivity contribution < 1.29 is 19.1 Å². The number of anilines is 1. The Labute approximate surface area is 162 Å². The van der Waals surface area contributed by atoms with E-state index in [1.165, 1.54) is 0 Å². The Balaban J connectivity index is 1.48. The highest BCUT2D eigenvalue weighted by atomic mass is 35.5. The number of esters is 1. The first kappa shape index (κ1) is 18.9. The van der Waals surface area contributed by atoms with Crippen molar-refractivity contribution in [2.75, 3.05) is 18.0 Å². The van der Waals surface area contributed by atoms with Crippen LogP contribution < -0.4 is 10.2 Å².